The molecule has 0 aliphatic carbocycles. The van der Waals surface area contributed by atoms with Crippen LogP contribution in [0, 0.1) is 0 Å². The summed E-state index contributed by atoms with van der Waals surface area (Å²) in [6.45, 7) is 0. The summed E-state index contributed by atoms with van der Waals surface area (Å²) in [6.07, 6.45) is 0. The molecule has 134 valence electrons. The summed E-state index contributed by atoms with van der Waals surface area (Å²) in [6, 6.07) is 14.5. The Hall–Kier alpha value is -2.71. The monoisotopic (exact) mass is 389 g/mol. The molecule has 7 nitrogen and oxygen atoms in total. The molecule has 0 atom stereocenters. The molecule has 0 unspecified atom stereocenters. The fraction of sp³-hybridized carbons (Fsp3) is 0.118. The minimum atomic E-state index is -0.475. The van der Waals surface area contributed by atoms with Gasteiger partial charge in [0.25, 0.3) is 0 Å². The quantitative estimate of drug-likeness (QED) is 0.494. The predicted molar refractivity (Wildman–Crippen MR) is 104 cm³/mol. The van der Waals surface area contributed by atoms with E-state index < -0.39 is 5.56 Å². The summed E-state index contributed by atoms with van der Waals surface area (Å²) in [7, 11) is 1.61. The van der Waals surface area contributed by atoms with Crippen LogP contribution in [0.5, 0.6) is 5.75 Å². The minimum absolute atomic E-state index is 0.0384. The number of nitrogens with two attached hydrogens (primary N) is 1. The molecule has 0 spiro atoms. The SMILES string of the molecule is COc1ccccc1CSc1nnc(Nc2ccc(Cl)cc2)c(=O)n1N. The molecule has 1 heterocycles. The van der Waals surface area contributed by atoms with Crippen LogP contribution in [0.2, 0.25) is 5.02 Å². The summed E-state index contributed by atoms with van der Waals surface area (Å²) in [5.74, 6) is 7.23. The summed E-state index contributed by atoms with van der Waals surface area (Å²) < 4.78 is 6.29. The van der Waals surface area contributed by atoms with E-state index in [4.69, 9.17) is 22.2 Å². The summed E-state index contributed by atoms with van der Waals surface area (Å²) in [5.41, 5.74) is 1.16. The van der Waals surface area contributed by atoms with Gasteiger partial charge in [0.15, 0.2) is 0 Å². The molecule has 0 radical (unpaired) electrons. The van der Waals surface area contributed by atoms with E-state index >= 15 is 0 Å². The molecule has 9 heteroatoms. The van der Waals surface area contributed by atoms with Crippen LogP contribution in [-0.4, -0.2) is 22.0 Å². The number of para-hydroxylation sites is 1. The average molecular weight is 390 g/mol. The molecule has 0 saturated heterocycles. The van der Waals surface area contributed by atoms with Gasteiger partial charge in [-0.1, -0.05) is 41.6 Å². The number of nitrogens with one attached hydrogen (secondary N) is 1. The minimum Gasteiger partial charge on any atom is -0.496 e. The number of aromatic nitrogens is 3. The predicted octanol–water partition coefficient (Wildman–Crippen LogP) is 3.05. The lowest BCUT2D eigenvalue weighted by molar-refractivity contribution is 0.411. The molecule has 3 rings (SSSR count). The normalized spacial score (nSPS) is 10.5. The van der Waals surface area contributed by atoms with Crippen LogP contribution in [0.4, 0.5) is 11.5 Å². The fourth-order valence-electron chi connectivity index (χ4n) is 2.20. The Morgan fingerprint density at radius 2 is 1.92 bits per heavy atom. The number of rotatable bonds is 6. The second kappa shape index (κ2) is 8.11. The fourth-order valence-corrected chi connectivity index (χ4v) is 3.17. The van der Waals surface area contributed by atoms with Gasteiger partial charge in [0.1, 0.15) is 5.75 Å². The third kappa shape index (κ3) is 4.09. The zero-order chi connectivity index (χ0) is 18.5. The van der Waals surface area contributed by atoms with Gasteiger partial charge in [-0.25, -0.2) is 0 Å². The number of thioether (sulfide) groups is 1. The average Bonchev–Trinajstić information content (AvgIpc) is 2.67. The van der Waals surface area contributed by atoms with Crippen LogP contribution < -0.4 is 21.5 Å². The first-order valence-corrected chi connectivity index (χ1v) is 8.97. The maximum Gasteiger partial charge on any atom is 0.315 e. The van der Waals surface area contributed by atoms with Crippen molar-refractivity contribution in [3.63, 3.8) is 0 Å². The first-order valence-electron chi connectivity index (χ1n) is 7.60. The number of nitrogens with zero attached hydrogens (tertiary/aromatic N) is 3. The van der Waals surface area contributed by atoms with Crippen molar-refractivity contribution in [3.05, 3.63) is 69.5 Å². The van der Waals surface area contributed by atoms with Crippen LogP contribution in [0.25, 0.3) is 0 Å². The van der Waals surface area contributed by atoms with Crippen molar-refractivity contribution in [1.82, 2.24) is 14.9 Å². The Kier molecular flexibility index (Phi) is 5.65. The third-order valence-corrected chi connectivity index (χ3v) is 4.76. The van der Waals surface area contributed by atoms with Gasteiger partial charge in [-0.2, -0.15) is 4.68 Å². The highest BCUT2D eigenvalue weighted by Gasteiger charge is 2.12. The van der Waals surface area contributed by atoms with Crippen molar-refractivity contribution in [1.29, 1.82) is 0 Å². The molecule has 0 aliphatic heterocycles. The van der Waals surface area contributed by atoms with E-state index in [0.717, 1.165) is 16.0 Å². The van der Waals surface area contributed by atoms with E-state index in [1.165, 1.54) is 11.8 Å². The van der Waals surface area contributed by atoms with Crippen molar-refractivity contribution < 1.29 is 4.74 Å². The first-order chi connectivity index (χ1) is 12.6. The Morgan fingerprint density at radius 3 is 2.65 bits per heavy atom. The maximum absolute atomic E-state index is 12.4. The zero-order valence-electron chi connectivity index (χ0n) is 13.8. The van der Waals surface area contributed by atoms with Crippen LogP contribution >= 0.6 is 23.4 Å². The Bertz CT molecular complexity index is 962. The molecule has 3 aromatic rings. The molecular formula is C17H16ClN5O2S. The van der Waals surface area contributed by atoms with E-state index in [-0.39, 0.29) is 5.82 Å². The Morgan fingerprint density at radius 1 is 1.19 bits per heavy atom. The molecule has 0 aliphatic rings. The highest BCUT2D eigenvalue weighted by molar-refractivity contribution is 7.98. The smallest absolute Gasteiger partial charge is 0.315 e. The molecule has 0 bridgehead atoms. The lowest BCUT2D eigenvalue weighted by atomic mass is 10.2. The van der Waals surface area contributed by atoms with Crippen LogP contribution in [0.3, 0.4) is 0 Å². The van der Waals surface area contributed by atoms with Crippen molar-refractivity contribution in [3.8, 4) is 5.75 Å². The van der Waals surface area contributed by atoms with Gasteiger partial charge in [0.05, 0.1) is 7.11 Å². The number of hydrogen-bond acceptors (Lipinski definition) is 7. The third-order valence-electron chi connectivity index (χ3n) is 3.52. The first kappa shape index (κ1) is 18.1. The lowest BCUT2D eigenvalue weighted by Gasteiger charge is -2.10. The van der Waals surface area contributed by atoms with E-state index in [0.29, 0.717) is 21.6 Å². The zero-order valence-corrected chi connectivity index (χ0v) is 15.4. The van der Waals surface area contributed by atoms with E-state index in [1.54, 1.807) is 31.4 Å². The van der Waals surface area contributed by atoms with Crippen molar-refractivity contribution >= 4 is 34.9 Å². The van der Waals surface area contributed by atoms with Gasteiger partial charge < -0.3 is 15.9 Å². The number of benzene rings is 2. The van der Waals surface area contributed by atoms with Crippen molar-refractivity contribution in [2.75, 3.05) is 18.3 Å². The van der Waals surface area contributed by atoms with Crippen molar-refractivity contribution in [2.24, 2.45) is 0 Å². The molecular weight excluding hydrogens is 374 g/mol. The number of hydrogen-bond donors (Lipinski definition) is 2. The number of nitrogen functional groups attached to an aromatic ring is 1. The molecule has 2 aromatic carbocycles. The van der Waals surface area contributed by atoms with Gasteiger partial charge in [0, 0.05) is 22.0 Å². The number of halogens is 1. The largest absolute Gasteiger partial charge is 0.496 e. The molecule has 26 heavy (non-hydrogen) atoms. The highest BCUT2D eigenvalue weighted by atomic mass is 35.5. The summed E-state index contributed by atoms with van der Waals surface area (Å²) in [4.78, 5) is 12.4. The maximum atomic E-state index is 12.4. The topological polar surface area (TPSA) is 95.1 Å². The second-order valence-corrected chi connectivity index (χ2v) is 6.62. The number of ether oxygens (including phenoxy) is 1. The lowest BCUT2D eigenvalue weighted by Crippen LogP contribution is -2.32. The standard InChI is InChI=1S/C17H16ClN5O2S/c1-25-14-5-3-2-4-11(14)10-26-17-22-21-15(16(24)23(17)19)20-13-8-6-12(18)7-9-13/h2-9H,10,19H2,1H3,(H,20,21). The summed E-state index contributed by atoms with van der Waals surface area (Å²) >= 11 is 7.15. The highest BCUT2D eigenvalue weighted by Crippen LogP contribution is 2.25. The van der Waals surface area contributed by atoms with E-state index in [2.05, 4.69) is 15.5 Å². The van der Waals surface area contributed by atoms with Crippen LogP contribution in [-0.2, 0) is 5.75 Å². The number of anilines is 2. The molecule has 0 fully saturated rings. The van der Waals surface area contributed by atoms with Crippen molar-refractivity contribution in [2.45, 2.75) is 10.9 Å². The second-order valence-electron chi connectivity index (χ2n) is 5.24. The molecule has 0 amide bonds. The van der Waals surface area contributed by atoms with Gasteiger partial charge in [-0.15, -0.1) is 10.2 Å². The van der Waals surface area contributed by atoms with Crippen LogP contribution in [0.1, 0.15) is 5.56 Å². The van der Waals surface area contributed by atoms with Gasteiger partial charge in [-0.3, -0.25) is 4.79 Å². The molecule has 1 aromatic heterocycles. The van der Waals surface area contributed by atoms with Gasteiger partial charge >= 0.3 is 5.56 Å². The summed E-state index contributed by atoms with van der Waals surface area (Å²) in [5, 5.41) is 11.8. The van der Waals surface area contributed by atoms with Gasteiger partial charge in [-0.05, 0) is 30.3 Å². The Balaban J connectivity index is 1.77. The molecule has 0 saturated carbocycles. The van der Waals surface area contributed by atoms with Crippen LogP contribution in [0.15, 0.2) is 58.5 Å². The molecule has 3 N–H and O–H groups in total. The number of methoxy groups -OCH3 is 1. The van der Waals surface area contributed by atoms with E-state index in [1.807, 2.05) is 24.3 Å². The van der Waals surface area contributed by atoms with Gasteiger partial charge in [0.2, 0.25) is 11.0 Å². The van der Waals surface area contributed by atoms with E-state index in [9.17, 15) is 4.79 Å². The Labute approximate surface area is 159 Å².